The molecule has 5 aromatic rings. The predicted octanol–water partition coefficient (Wildman–Crippen LogP) is 4.67. The molecule has 0 radical (unpaired) electrons. The maximum atomic E-state index is 15.3. The zero-order valence-corrected chi connectivity index (χ0v) is 21.9. The number of carbonyl (C=O) groups excluding carboxylic acids is 2. The number of halogens is 1. The van der Waals surface area contributed by atoms with Crippen LogP contribution in [0.2, 0.25) is 0 Å². The summed E-state index contributed by atoms with van der Waals surface area (Å²) in [4.78, 5) is 29.2. The van der Waals surface area contributed by atoms with E-state index < -0.39 is 23.7 Å². The fourth-order valence-electron chi connectivity index (χ4n) is 4.57. The average molecular weight is 538 g/mol. The first-order chi connectivity index (χ1) is 19.5. The molecule has 1 heterocycles. The summed E-state index contributed by atoms with van der Waals surface area (Å²) >= 11 is 0. The molecule has 9 heteroatoms. The van der Waals surface area contributed by atoms with Gasteiger partial charge in [0.15, 0.2) is 0 Å². The molecule has 0 saturated heterocycles. The highest BCUT2D eigenvalue weighted by atomic mass is 19.1. The topological polar surface area (TPSA) is 89.3 Å². The van der Waals surface area contributed by atoms with E-state index in [0.717, 1.165) is 5.56 Å². The lowest BCUT2D eigenvalue weighted by molar-refractivity contribution is -0.142. The minimum absolute atomic E-state index is 0.0282. The summed E-state index contributed by atoms with van der Waals surface area (Å²) in [5.41, 5.74) is 3.00. The van der Waals surface area contributed by atoms with Crippen LogP contribution in [0, 0.1) is 5.82 Å². The van der Waals surface area contributed by atoms with Gasteiger partial charge in [0.1, 0.15) is 29.7 Å². The monoisotopic (exact) mass is 537 g/mol. The first-order valence-corrected chi connectivity index (χ1v) is 12.8. The summed E-state index contributed by atoms with van der Waals surface area (Å²) in [6.07, 6.45) is 0. The Kier molecular flexibility index (Phi) is 8.10. The van der Waals surface area contributed by atoms with Gasteiger partial charge >= 0.3 is 0 Å². The quantitative estimate of drug-likeness (QED) is 0.280. The van der Waals surface area contributed by atoms with Gasteiger partial charge in [0.2, 0.25) is 11.8 Å². The third kappa shape index (κ3) is 5.99. The Bertz CT molecular complexity index is 1620. The van der Waals surface area contributed by atoms with Gasteiger partial charge in [-0.15, -0.1) is 5.10 Å². The van der Waals surface area contributed by atoms with Crippen molar-refractivity contribution in [2.24, 2.45) is 0 Å². The van der Waals surface area contributed by atoms with Gasteiger partial charge in [-0.1, -0.05) is 78.0 Å². The summed E-state index contributed by atoms with van der Waals surface area (Å²) in [6.45, 7) is 0.0569. The lowest BCUT2D eigenvalue weighted by Crippen LogP contribution is -2.44. The molecule has 0 aliphatic heterocycles. The van der Waals surface area contributed by atoms with E-state index in [0.29, 0.717) is 22.3 Å². The van der Waals surface area contributed by atoms with E-state index in [1.165, 1.54) is 21.7 Å². The van der Waals surface area contributed by atoms with E-state index >= 15 is 4.39 Å². The van der Waals surface area contributed by atoms with Crippen molar-refractivity contribution in [3.63, 3.8) is 0 Å². The molecular formula is C31H28FN5O3. The number of nitrogens with zero attached hydrogens (tertiary/aromatic N) is 4. The molecule has 1 aromatic heterocycles. The van der Waals surface area contributed by atoms with Gasteiger partial charge in [0, 0.05) is 18.7 Å². The van der Waals surface area contributed by atoms with Gasteiger partial charge in [-0.05, 0) is 41.5 Å². The molecule has 2 amide bonds. The molecule has 0 aliphatic carbocycles. The third-order valence-electron chi connectivity index (χ3n) is 6.58. The van der Waals surface area contributed by atoms with Crippen molar-refractivity contribution in [2.75, 3.05) is 7.11 Å². The van der Waals surface area contributed by atoms with Crippen molar-refractivity contribution in [3.05, 3.63) is 126 Å². The number of para-hydroxylation sites is 1. The molecule has 5 rings (SSSR count). The number of methoxy groups -OCH3 is 1. The molecule has 202 valence electrons. The number of rotatable bonds is 10. The van der Waals surface area contributed by atoms with Crippen LogP contribution in [-0.2, 0) is 29.2 Å². The smallest absolute Gasteiger partial charge is 0.247 e. The highest BCUT2D eigenvalue weighted by Gasteiger charge is 2.34. The largest absolute Gasteiger partial charge is 0.497 e. The van der Waals surface area contributed by atoms with Gasteiger partial charge in [-0.2, -0.15) is 0 Å². The van der Waals surface area contributed by atoms with Crippen LogP contribution in [0.15, 0.2) is 103 Å². The number of carbonyl (C=O) groups is 2. The number of ether oxygens (including phenoxy) is 1. The molecule has 0 saturated carbocycles. The minimum Gasteiger partial charge on any atom is -0.497 e. The highest BCUT2D eigenvalue weighted by Crippen LogP contribution is 2.28. The second kappa shape index (κ2) is 12.2. The Morgan fingerprint density at radius 2 is 1.65 bits per heavy atom. The SMILES string of the molecule is COc1cccc(CN(C(=O)Cn2nnc3ccccc32)C(C(=O)NCc2ccccc2)c2ccccc2F)c1. The van der Waals surface area contributed by atoms with Crippen molar-refractivity contribution in [1.29, 1.82) is 0 Å². The van der Waals surface area contributed by atoms with Crippen molar-refractivity contribution in [1.82, 2.24) is 25.2 Å². The van der Waals surface area contributed by atoms with E-state index in [1.807, 2.05) is 54.6 Å². The summed E-state index contributed by atoms with van der Waals surface area (Å²) in [7, 11) is 1.55. The van der Waals surface area contributed by atoms with Gasteiger partial charge < -0.3 is 15.0 Å². The molecule has 4 aromatic carbocycles. The summed E-state index contributed by atoms with van der Waals surface area (Å²) in [5, 5.41) is 11.2. The first kappa shape index (κ1) is 26.6. The van der Waals surface area contributed by atoms with Gasteiger partial charge in [-0.25, -0.2) is 9.07 Å². The van der Waals surface area contributed by atoms with E-state index in [2.05, 4.69) is 15.6 Å². The lowest BCUT2D eigenvalue weighted by Gasteiger charge is -2.32. The van der Waals surface area contributed by atoms with Crippen molar-refractivity contribution >= 4 is 22.8 Å². The number of benzene rings is 4. The van der Waals surface area contributed by atoms with Crippen LogP contribution in [0.4, 0.5) is 4.39 Å². The van der Waals surface area contributed by atoms with E-state index in [-0.39, 0.29) is 25.2 Å². The second-order valence-electron chi connectivity index (χ2n) is 9.24. The Morgan fingerprint density at radius 1 is 0.925 bits per heavy atom. The van der Waals surface area contributed by atoms with Gasteiger partial charge in [0.25, 0.3) is 0 Å². The number of fused-ring (bicyclic) bond motifs is 1. The van der Waals surface area contributed by atoms with Crippen LogP contribution in [0.25, 0.3) is 11.0 Å². The first-order valence-electron chi connectivity index (χ1n) is 12.8. The Hall–Kier alpha value is -5.05. The maximum Gasteiger partial charge on any atom is 0.247 e. The van der Waals surface area contributed by atoms with Crippen LogP contribution < -0.4 is 10.1 Å². The number of aromatic nitrogens is 3. The zero-order valence-electron chi connectivity index (χ0n) is 21.9. The summed E-state index contributed by atoms with van der Waals surface area (Å²) < 4.78 is 22.1. The van der Waals surface area contributed by atoms with Crippen LogP contribution in [0.5, 0.6) is 5.75 Å². The molecule has 1 atom stereocenters. The van der Waals surface area contributed by atoms with E-state index in [9.17, 15) is 9.59 Å². The predicted molar refractivity (Wildman–Crippen MR) is 149 cm³/mol. The summed E-state index contributed by atoms with van der Waals surface area (Å²) in [6, 6.07) is 28.6. The van der Waals surface area contributed by atoms with Crippen molar-refractivity contribution in [3.8, 4) is 5.75 Å². The molecule has 1 unspecified atom stereocenters. The average Bonchev–Trinajstić information content (AvgIpc) is 3.39. The molecule has 0 spiro atoms. The van der Waals surface area contributed by atoms with Crippen LogP contribution >= 0.6 is 0 Å². The van der Waals surface area contributed by atoms with Crippen LogP contribution in [0.3, 0.4) is 0 Å². The molecule has 1 N–H and O–H groups in total. The Labute approximate surface area is 231 Å². The molecule has 40 heavy (non-hydrogen) atoms. The third-order valence-corrected chi connectivity index (χ3v) is 6.58. The molecule has 8 nitrogen and oxygen atoms in total. The number of hydrogen-bond donors (Lipinski definition) is 1. The van der Waals surface area contributed by atoms with Crippen molar-refractivity contribution < 1.29 is 18.7 Å². The van der Waals surface area contributed by atoms with Crippen LogP contribution in [-0.4, -0.2) is 38.8 Å². The van der Waals surface area contributed by atoms with Gasteiger partial charge in [0.05, 0.1) is 12.6 Å². The normalized spacial score (nSPS) is 11.7. The molecule has 0 bridgehead atoms. The zero-order chi connectivity index (χ0) is 27.9. The fourth-order valence-corrected chi connectivity index (χ4v) is 4.57. The highest BCUT2D eigenvalue weighted by molar-refractivity contribution is 5.89. The standard InChI is InChI=1S/C31H28FN5O3/c1-40-24-13-9-12-23(18-24)20-36(29(38)21-37-28-17-8-7-16-27(28)34-35-37)30(25-14-5-6-15-26(25)32)31(39)33-19-22-10-3-2-4-11-22/h2-18,30H,19-21H2,1H3,(H,33,39). The molecule has 0 fully saturated rings. The number of hydrogen-bond acceptors (Lipinski definition) is 5. The molecule has 0 aliphatic rings. The van der Waals surface area contributed by atoms with Gasteiger partial charge in [-0.3, -0.25) is 9.59 Å². The van der Waals surface area contributed by atoms with E-state index in [1.54, 1.807) is 43.5 Å². The fraction of sp³-hybridized carbons (Fsp3) is 0.161. The van der Waals surface area contributed by atoms with Crippen LogP contribution in [0.1, 0.15) is 22.7 Å². The maximum absolute atomic E-state index is 15.3. The minimum atomic E-state index is -1.25. The lowest BCUT2D eigenvalue weighted by atomic mass is 10.0. The van der Waals surface area contributed by atoms with Crippen molar-refractivity contribution in [2.45, 2.75) is 25.7 Å². The molecular weight excluding hydrogens is 509 g/mol. The summed E-state index contributed by atoms with van der Waals surface area (Å²) in [5.74, 6) is -0.921. The Balaban J connectivity index is 1.53. The number of amides is 2. The second-order valence-corrected chi connectivity index (χ2v) is 9.24. The Morgan fingerprint density at radius 3 is 2.45 bits per heavy atom. The number of nitrogens with one attached hydrogen (secondary N) is 1. The van der Waals surface area contributed by atoms with E-state index in [4.69, 9.17) is 4.74 Å².